The molecule has 1 aromatic heterocycles. The number of benzene rings is 1. The van der Waals surface area contributed by atoms with Crippen LogP contribution in [0.2, 0.25) is 5.02 Å². The molecule has 7 nitrogen and oxygen atoms in total. The van der Waals surface area contributed by atoms with Crippen molar-refractivity contribution >= 4 is 23.4 Å². The lowest BCUT2D eigenvalue weighted by atomic mass is 10.1. The second-order valence-corrected chi connectivity index (χ2v) is 8.05. The number of piperazine rings is 1. The molecule has 0 radical (unpaired) electrons. The predicted molar refractivity (Wildman–Crippen MR) is 128 cm³/mol. The Balaban J connectivity index is 1.52. The number of nitrogens with zero attached hydrogens (tertiary/aromatic N) is 4. The minimum absolute atomic E-state index is 0.578. The molecule has 2 aromatic rings. The summed E-state index contributed by atoms with van der Waals surface area (Å²) in [5.74, 6) is 2.60. The van der Waals surface area contributed by atoms with Gasteiger partial charge >= 0.3 is 0 Å². The Morgan fingerprint density at radius 3 is 2.61 bits per heavy atom. The Hall–Kier alpha value is -2.51. The second-order valence-electron chi connectivity index (χ2n) is 7.64. The summed E-state index contributed by atoms with van der Waals surface area (Å²) in [7, 11) is 3.80. The van der Waals surface area contributed by atoms with Crippen molar-refractivity contribution in [2.45, 2.75) is 19.9 Å². The number of halogens is 1. The van der Waals surface area contributed by atoms with Crippen LogP contribution in [0.15, 0.2) is 41.5 Å². The molecule has 2 N–H and O–H groups in total. The Morgan fingerprint density at radius 1 is 1.16 bits per heavy atom. The van der Waals surface area contributed by atoms with Crippen molar-refractivity contribution in [3.05, 3.63) is 52.7 Å². The number of aromatic nitrogens is 1. The van der Waals surface area contributed by atoms with E-state index in [2.05, 4.69) is 51.5 Å². The highest BCUT2D eigenvalue weighted by Gasteiger charge is 2.14. The summed E-state index contributed by atoms with van der Waals surface area (Å²) in [6, 6.07) is 9.99. The maximum absolute atomic E-state index is 6.34. The van der Waals surface area contributed by atoms with Crippen LogP contribution < -0.4 is 20.3 Å². The first kappa shape index (κ1) is 23.2. The SMILES string of the molecule is CCNC(=NCc1ccc(N2CCN(C)CC2)nc1)NCCc1ccc(OC)cc1Cl. The number of anilines is 1. The summed E-state index contributed by atoms with van der Waals surface area (Å²) in [4.78, 5) is 14.0. The zero-order valence-electron chi connectivity index (χ0n) is 18.7. The Labute approximate surface area is 190 Å². The van der Waals surface area contributed by atoms with Crippen molar-refractivity contribution in [1.82, 2.24) is 20.5 Å². The molecule has 3 rings (SSSR count). The maximum Gasteiger partial charge on any atom is 0.191 e. The van der Waals surface area contributed by atoms with Crippen molar-refractivity contribution < 1.29 is 4.74 Å². The van der Waals surface area contributed by atoms with E-state index in [1.54, 1.807) is 7.11 Å². The molecule has 168 valence electrons. The molecule has 2 heterocycles. The first-order chi connectivity index (χ1) is 15.1. The molecule has 1 aromatic carbocycles. The van der Waals surface area contributed by atoms with Gasteiger partial charge in [-0.15, -0.1) is 0 Å². The van der Waals surface area contributed by atoms with Gasteiger partial charge < -0.3 is 25.2 Å². The van der Waals surface area contributed by atoms with E-state index in [1.807, 2.05) is 24.4 Å². The molecule has 1 aliphatic heterocycles. The van der Waals surface area contributed by atoms with Gasteiger partial charge in [-0.3, -0.25) is 0 Å². The summed E-state index contributed by atoms with van der Waals surface area (Å²) < 4.78 is 5.21. The Kier molecular flexibility index (Phi) is 8.79. The maximum atomic E-state index is 6.34. The number of likely N-dealkylation sites (N-methyl/N-ethyl adjacent to an activating group) is 1. The quantitative estimate of drug-likeness (QED) is 0.482. The number of guanidine groups is 1. The number of pyridine rings is 1. The monoisotopic (exact) mass is 444 g/mol. The summed E-state index contributed by atoms with van der Waals surface area (Å²) in [5, 5.41) is 7.39. The highest BCUT2D eigenvalue weighted by Crippen LogP contribution is 2.22. The number of rotatable bonds is 8. The van der Waals surface area contributed by atoms with Gasteiger partial charge in [0.15, 0.2) is 5.96 Å². The van der Waals surface area contributed by atoms with Crippen LogP contribution in [0, 0.1) is 0 Å². The molecule has 8 heteroatoms. The molecular weight excluding hydrogens is 412 g/mol. The van der Waals surface area contributed by atoms with Gasteiger partial charge in [-0.05, 0) is 49.7 Å². The van der Waals surface area contributed by atoms with Gasteiger partial charge in [-0.2, -0.15) is 0 Å². The fourth-order valence-electron chi connectivity index (χ4n) is 3.42. The Bertz CT molecular complexity index is 850. The van der Waals surface area contributed by atoms with Crippen LogP contribution in [-0.4, -0.2) is 69.3 Å². The van der Waals surface area contributed by atoms with E-state index in [4.69, 9.17) is 21.3 Å². The lowest BCUT2D eigenvalue weighted by Gasteiger charge is -2.33. The predicted octanol–water partition coefficient (Wildman–Crippen LogP) is 2.79. The fraction of sp³-hybridized carbons (Fsp3) is 0.478. The van der Waals surface area contributed by atoms with Crippen molar-refractivity contribution in [2.24, 2.45) is 4.99 Å². The van der Waals surface area contributed by atoms with Crippen LogP contribution in [0.3, 0.4) is 0 Å². The van der Waals surface area contributed by atoms with Crippen LogP contribution >= 0.6 is 11.6 Å². The topological polar surface area (TPSA) is 65.0 Å². The Morgan fingerprint density at radius 2 is 1.97 bits per heavy atom. The van der Waals surface area contributed by atoms with Gasteiger partial charge in [0.05, 0.1) is 13.7 Å². The number of hydrogen-bond acceptors (Lipinski definition) is 5. The average Bonchev–Trinajstić information content (AvgIpc) is 2.79. The molecule has 0 aliphatic carbocycles. The van der Waals surface area contributed by atoms with Crippen molar-refractivity contribution in [3.8, 4) is 5.75 Å². The standard InChI is InChI=1S/C23H33ClN6O/c1-4-25-23(26-10-9-19-6-7-20(31-3)15-21(19)24)28-17-18-5-8-22(27-16-18)30-13-11-29(2)12-14-30/h5-8,15-16H,4,9-14,17H2,1-3H3,(H2,25,26,28). The van der Waals surface area contributed by atoms with Gasteiger partial charge in [0.2, 0.25) is 0 Å². The summed E-state index contributed by atoms with van der Waals surface area (Å²) in [6.07, 6.45) is 2.73. The third kappa shape index (κ3) is 7.01. The van der Waals surface area contributed by atoms with Gasteiger partial charge in [0.25, 0.3) is 0 Å². The van der Waals surface area contributed by atoms with Gasteiger partial charge in [0, 0.05) is 50.5 Å². The molecule has 0 spiro atoms. The van der Waals surface area contributed by atoms with Crippen LogP contribution in [0.1, 0.15) is 18.1 Å². The van der Waals surface area contributed by atoms with Crippen LogP contribution in [0.25, 0.3) is 0 Å². The first-order valence-electron chi connectivity index (χ1n) is 10.8. The lowest BCUT2D eigenvalue weighted by molar-refractivity contribution is 0.312. The zero-order valence-corrected chi connectivity index (χ0v) is 19.5. The highest BCUT2D eigenvalue weighted by atomic mass is 35.5. The molecule has 0 unspecified atom stereocenters. The molecule has 1 fully saturated rings. The minimum atomic E-state index is 0.578. The molecule has 1 saturated heterocycles. The number of hydrogen-bond donors (Lipinski definition) is 2. The van der Waals surface area contributed by atoms with E-state index < -0.39 is 0 Å². The summed E-state index contributed by atoms with van der Waals surface area (Å²) in [5.41, 5.74) is 2.17. The molecule has 31 heavy (non-hydrogen) atoms. The van der Waals surface area contributed by atoms with Crippen LogP contribution in [0.5, 0.6) is 5.75 Å². The normalized spacial score (nSPS) is 15.1. The number of nitrogens with one attached hydrogen (secondary N) is 2. The zero-order chi connectivity index (χ0) is 22.1. The van der Waals surface area contributed by atoms with E-state index in [0.717, 1.165) is 79.4 Å². The van der Waals surface area contributed by atoms with Crippen LogP contribution in [0.4, 0.5) is 5.82 Å². The smallest absolute Gasteiger partial charge is 0.191 e. The third-order valence-corrected chi connectivity index (χ3v) is 5.70. The summed E-state index contributed by atoms with van der Waals surface area (Å²) in [6.45, 7) is 8.37. The van der Waals surface area contributed by atoms with E-state index in [-0.39, 0.29) is 0 Å². The van der Waals surface area contributed by atoms with E-state index in [0.29, 0.717) is 6.54 Å². The molecule has 1 aliphatic rings. The van der Waals surface area contributed by atoms with Gasteiger partial charge in [-0.1, -0.05) is 23.7 Å². The second kappa shape index (κ2) is 11.8. The van der Waals surface area contributed by atoms with E-state index >= 15 is 0 Å². The molecule has 0 bridgehead atoms. The number of aliphatic imine (C=N–C) groups is 1. The average molecular weight is 445 g/mol. The van der Waals surface area contributed by atoms with E-state index in [1.165, 1.54) is 0 Å². The van der Waals surface area contributed by atoms with Gasteiger partial charge in [0.1, 0.15) is 11.6 Å². The van der Waals surface area contributed by atoms with Crippen LogP contribution in [-0.2, 0) is 13.0 Å². The van der Waals surface area contributed by atoms with Crippen molar-refractivity contribution in [1.29, 1.82) is 0 Å². The first-order valence-corrected chi connectivity index (χ1v) is 11.2. The van der Waals surface area contributed by atoms with Gasteiger partial charge in [-0.25, -0.2) is 9.98 Å². The fourth-order valence-corrected chi connectivity index (χ4v) is 3.68. The van der Waals surface area contributed by atoms with Crippen molar-refractivity contribution in [2.75, 3.05) is 58.3 Å². The summed E-state index contributed by atoms with van der Waals surface area (Å²) >= 11 is 6.34. The third-order valence-electron chi connectivity index (χ3n) is 5.35. The highest BCUT2D eigenvalue weighted by molar-refractivity contribution is 6.31. The molecule has 0 amide bonds. The largest absolute Gasteiger partial charge is 0.497 e. The molecular formula is C23H33ClN6O. The number of methoxy groups -OCH3 is 1. The number of ether oxygens (including phenoxy) is 1. The van der Waals surface area contributed by atoms with Crippen molar-refractivity contribution in [3.63, 3.8) is 0 Å². The molecule has 0 atom stereocenters. The minimum Gasteiger partial charge on any atom is -0.497 e. The lowest BCUT2D eigenvalue weighted by Crippen LogP contribution is -2.44. The molecule has 0 saturated carbocycles. The van der Waals surface area contributed by atoms with E-state index in [9.17, 15) is 0 Å².